The Hall–Kier alpha value is -2.85. The minimum atomic E-state index is -4.50. The average molecular weight is 408 g/mol. The standard InChI is InChI=1S/C19H19F3N4O3/c1-11(9-27)26-10-24-17-13(18(26)28)7-16(25-15(17)5-6-29-2)14-4-3-12(8-23-14)19(20,21)22/h3-4,7-8,10-11,27H,5-6,9H2,1-2H3. The molecular formula is C19H19F3N4O3. The first kappa shape index (κ1) is 20.9. The zero-order valence-corrected chi connectivity index (χ0v) is 15.8. The molecular weight excluding hydrogens is 389 g/mol. The SMILES string of the molecule is COCCc1nc(-c2ccc(C(F)(F)F)cn2)cc2c(=O)n(C(C)CO)cnc12. The Balaban J connectivity index is 2.19. The third-order valence-electron chi connectivity index (χ3n) is 4.48. The summed E-state index contributed by atoms with van der Waals surface area (Å²) in [7, 11) is 1.52. The van der Waals surface area contributed by atoms with Gasteiger partial charge in [0.1, 0.15) is 0 Å². The second kappa shape index (κ2) is 8.26. The average Bonchev–Trinajstić information content (AvgIpc) is 2.71. The number of hydrogen-bond donors (Lipinski definition) is 1. The lowest BCUT2D eigenvalue weighted by atomic mass is 10.1. The molecule has 0 spiro atoms. The second-order valence-electron chi connectivity index (χ2n) is 6.51. The number of aliphatic hydroxyl groups is 1. The third-order valence-corrected chi connectivity index (χ3v) is 4.48. The number of nitrogens with zero attached hydrogens (tertiary/aromatic N) is 4. The van der Waals surface area contributed by atoms with Gasteiger partial charge in [0.05, 0.1) is 59.1 Å². The van der Waals surface area contributed by atoms with E-state index in [1.165, 1.54) is 30.1 Å². The second-order valence-corrected chi connectivity index (χ2v) is 6.51. The molecule has 1 atom stereocenters. The maximum atomic E-state index is 12.9. The molecule has 0 aliphatic heterocycles. The fourth-order valence-electron chi connectivity index (χ4n) is 2.83. The molecule has 0 aliphatic rings. The molecule has 1 unspecified atom stereocenters. The van der Waals surface area contributed by atoms with Gasteiger partial charge in [-0.2, -0.15) is 13.2 Å². The molecule has 3 aromatic heterocycles. The quantitative estimate of drug-likeness (QED) is 0.674. The van der Waals surface area contributed by atoms with E-state index in [0.717, 1.165) is 12.3 Å². The van der Waals surface area contributed by atoms with E-state index in [1.54, 1.807) is 6.92 Å². The van der Waals surface area contributed by atoms with Gasteiger partial charge in [-0.25, -0.2) is 9.97 Å². The fourth-order valence-corrected chi connectivity index (χ4v) is 2.83. The number of pyridine rings is 2. The van der Waals surface area contributed by atoms with Crippen LogP contribution in [0.25, 0.3) is 22.3 Å². The zero-order valence-electron chi connectivity index (χ0n) is 15.8. The normalized spacial score (nSPS) is 13.0. The van der Waals surface area contributed by atoms with Crippen LogP contribution in [0.1, 0.15) is 24.2 Å². The maximum absolute atomic E-state index is 12.9. The molecule has 29 heavy (non-hydrogen) atoms. The molecule has 0 amide bonds. The summed E-state index contributed by atoms with van der Waals surface area (Å²) in [5.41, 5.74) is 0.0495. The molecule has 0 saturated heterocycles. The number of rotatable bonds is 6. The molecule has 0 aromatic carbocycles. The first-order chi connectivity index (χ1) is 13.8. The molecule has 1 N–H and O–H groups in total. The van der Waals surface area contributed by atoms with Crippen molar-refractivity contribution in [1.82, 2.24) is 19.5 Å². The zero-order chi connectivity index (χ0) is 21.2. The van der Waals surface area contributed by atoms with Gasteiger partial charge in [0, 0.05) is 19.7 Å². The third kappa shape index (κ3) is 4.28. The molecule has 3 rings (SSSR count). The van der Waals surface area contributed by atoms with Gasteiger partial charge in [0.25, 0.3) is 5.56 Å². The number of ether oxygens (including phenoxy) is 1. The van der Waals surface area contributed by atoms with Gasteiger partial charge in [-0.1, -0.05) is 0 Å². The number of hydrogen-bond acceptors (Lipinski definition) is 6. The lowest BCUT2D eigenvalue weighted by Crippen LogP contribution is -2.26. The topological polar surface area (TPSA) is 90.1 Å². The highest BCUT2D eigenvalue weighted by molar-refractivity contribution is 5.83. The van der Waals surface area contributed by atoms with Gasteiger partial charge in [0.2, 0.25) is 0 Å². The van der Waals surface area contributed by atoms with Crippen molar-refractivity contribution in [3.63, 3.8) is 0 Å². The summed E-state index contributed by atoms with van der Waals surface area (Å²) < 4.78 is 44.8. The van der Waals surface area contributed by atoms with Crippen LogP contribution in [0.3, 0.4) is 0 Å². The van der Waals surface area contributed by atoms with Crippen LogP contribution >= 0.6 is 0 Å². The Morgan fingerprint density at radius 2 is 2.00 bits per heavy atom. The van der Waals surface area contributed by atoms with E-state index in [1.807, 2.05) is 0 Å². The van der Waals surface area contributed by atoms with Crippen molar-refractivity contribution >= 4 is 10.9 Å². The van der Waals surface area contributed by atoms with Crippen LogP contribution in [-0.4, -0.2) is 44.9 Å². The predicted molar refractivity (Wildman–Crippen MR) is 99.4 cm³/mol. The van der Waals surface area contributed by atoms with Crippen molar-refractivity contribution in [3.8, 4) is 11.4 Å². The van der Waals surface area contributed by atoms with Crippen molar-refractivity contribution < 1.29 is 23.0 Å². The van der Waals surface area contributed by atoms with E-state index < -0.39 is 17.8 Å². The van der Waals surface area contributed by atoms with E-state index in [9.17, 15) is 23.1 Å². The first-order valence-electron chi connectivity index (χ1n) is 8.80. The molecule has 0 aliphatic carbocycles. The molecule has 7 nitrogen and oxygen atoms in total. The van der Waals surface area contributed by atoms with Crippen molar-refractivity contribution in [2.45, 2.75) is 25.6 Å². The van der Waals surface area contributed by atoms with Crippen molar-refractivity contribution in [1.29, 1.82) is 0 Å². The van der Waals surface area contributed by atoms with E-state index in [0.29, 0.717) is 24.2 Å². The van der Waals surface area contributed by atoms with Crippen LogP contribution in [-0.2, 0) is 17.3 Å². The number of aromatic nitrogens is 4. The molecule has 10 heteroatoms. The van der Waals surface area contributed by atoms with Crippen molar-refractivity contribution in [2.75, 3.05) is 20.3 Å². The van der Waals surface area contributed by atoms with E-state index >= 15 is 0 Å². The van der Waals surface area contributed by atoms with Crippen LogP contribution < -0.4 is 5.56 Å². The van der Waals surface area contributed by atoms with Gasteiger partial charge >= 0.3 is 6.18 Å². The van der Waals surface area contributed by atoms with Crippen LogP contribution in [0.15, 0.2) is 35.5 Å². The Morgan fingerprint density at radius 1 is 1.24 bits per heavy atom. The van der Waals surface area contributed by atoms with Crippen LogP contribution in [0.5, 0.6) is 0 Å². The van der Waals surface area contributed by atoms with Crippen molar-refractivity contribution in [2.24, 2.45) is 0 Å². The van der Waals surface area contributed by atoms with Gasteiger partial charge < -0.3 is 9.84 Å². The molecule has 3 aromatic rings. The van der Waals surface area contributed by atoms with Crippen LogP contribution in [0.2, 0.25) is 0 Å². The molecule has 154 valence electrons. The smallest absolute Gasteiger partial charge is 0.394 e. The predicted octanol–water partition coefficient (Wildman–Crippen LogP) is 2.61. The molecule has 0 saturated carbocycles. The molecule has 0 fully saturated rings. The highest BCUT2D eigenvalue weighted by Crippen LogP contribution is 2.30. The summed E-state index contributed by atoms with van der Waals surface area (Å²) in [4.78, 5) is 25.5. The first-order valence-corrected chi connectivity index (χ1v) is 8.80. The van der Waals surface area contributed by atoms with Gasteiger partial charge in [-0.05, 0) is 25.1 Å². The highest BCUT2D eigenvalue weighted by atomic mass is 19.4. The summed E-state index contributed by atoms with van der Waals surface area (Å²) in [6.07, 6.45) is -2.07. The van der Waals surface area contributed by atoms with Gasteiger partial charge in [0.15, 0.2) is 0 Å². The fraction of sp³-hybridized carbons (Fsp3) is 0.368. The molecule has 3 heterocycles. The largest absolute Gasteiger partial charge is 0.417 e. The van der Waals surface area contributed by atoms with Gasteiger partial charge in [-0.15, -0.1) is 0 Å². The Bertz CT molecular complexity index is 1070. The minimum Gasteiger partial charge on any atom is -0.394 e. The lowest BCUT2D eigenvalue weighted by Gasteiger charge is -2.14. The summed E-state index contributed by atoms with van der Waals surface area (Å²) >= 11 is 0. The van der Waals surface area contributed by atoms with Gasteiger partial charge in [-0.3, -0.25) is 14.3 Å². The minimum absolute atomic E-state index is 0.198. The van der Waals surface area contributed by atoms with Crippen molar-refractivity contribution in [3.05, 3.63) is 52.3 Å². The summed E-state index contributed by atoms with van der Waals surface area (Å²) in [6, 6.07) is 3.10. The summed E-state index contributed by atoms with van der Waals surface area (Å²) in [5, 5.41) is 9.60. The lowest BCUT2D eigenvalue weighted by molar-refractivity contribution is -0.137. The van der Waals surface area contributed by atoms with E-state index in [4.69, 9.17) is 4.74 Å². The van der Waals surface area contributed by atoms with E-state index in [2.05, 4.69) is 15.0 Å². The number of fused-ring (bicyclic) bond motifs is 1. The Labute approximate surface area is 163 Å². The van der Waals surface area contributed by atoms with Crippen LogP contribution in [0, 0.1) is 0 Å². The summed E-state index contributed by atoms with van der Waals surface area (Å²) in [6.45, 7) is 1.74. The maximum Gasteiger partial charge on any atom is 0.417 e. The molecule has 0 radical (unpaired) electrons. The highest BCUT2D eigenvalue weighted by Gasteiger charge is 2.30. The molecule has 0 bridgehead atoms. The van der Waals surface area contributed by atoms with Crippen LogP contribution in [0.4, 0.5) is 13.2 Å². The monoisotopic (exact) mass is 408 g/mol. The number of halogens is 3. The number of aliphatic hydroxyl groups excluding tert-OH is 1. The van der Waals surface area contributed by atoms with E-state index in [-0.39, 0.29) is 28.9 Å². The number of alkyl halides is 3. The Morgan fingerprint density at radius 3 is 2.59 bits per heavy atom. The Kier molecular flexibility index (Phi) is 5.94. The summed E-state index contributed by atoms with van der Waals surface area (Å²) in [5.74, 6) is 0. The number of methoxy groups -OCH3 is 1.